The van der Waals surface area contributed by atoms with Crippen LogP contribution in [0.25, 0.3) is 0 Å². The topological polar surface area (TPSA) is 29.1 Å². The molecule has 1 aromatic heterocycles. The lowest BCUT2D eigenvalue weighted by molar-refractivity contribution is 0.102. The number of aryl methyl sites for hydroxylation is 2. The van der Waals surface area contributed by atoms with Crippen LogP contribution in [0.3, 0.4) is 0 Å². The van der Waals surface area contributed by atoms with Crippen LogP contribution in [0.1, 0.15) is 33.5 Å². The van der Waals surface area contributed by atoms with Crippen LogP contribution in [0.15, 0.2) is 24.3 Å². The molecule has 0 spiro atoms. The summed E-state index contributed by atoms with van der Waals surface area (Å²) in [5.74, 6) is -2.04. The lowest BCUT2D eigenvalue weighted by Gasteiger charge is -2.05. The highest BCUT2D eigenvalue weighted by atomic mass is 32.1. The zero-order valence-electron chi connectivity index (χ0n) is 11.3. The molecule has 1 amide bonds. The van der Waals surface area contributed by atoms with Crippen molar-refractivity contribution in [3.8, 4) is 0 Å². The van der Waals surface area contributed by atoms with Gasteiger partial charge in [0.2, 0.25) is 0 Å². The third-order valence-electron chi connectivity index (χ3n) is 2.97. The van der Waals surface area contributed by atoms with Crippen LogP contribution in [-0.2, 0) is 6.42 Å². The molecule has 0 fully saturated rings. The van der Waals surface area contributed by atoms with Crippen LogP contribution < -0.4 is 5.32 Å². The number of benzene rings is 1. The third-order valence-corrected chi connectivity index (χ3v) is 4.06. The quantitative estimate of drug-likeness (QED) is 0.881. The molecule has 0 radical (unpaired) electrons. The van der Waals surface area contributed by atoms with Crippen molar-refractivity contribution in [2.45, 2.75) is 26.7 Å². The van der Waals surface area contributed by atoms with Crippen molar-refractivity contribution in [2.24, 2.45) is 0 Å². The summed E-state index contributed by atoms with van der Waals surface area (Å²) < 4.78 is 27.0. The summed E-state index contributed by atoms with van der Waals surface area (Å²) in [6.07, 6.45) is 1.88. The van der Waals surface area contributed by atoms with E-state index in [0.29, 0.717) is 4.88 Å². The molecule has 0 aliphatic rings. The monoisotopic (exact) mass is 295 g/mol. The number of anilines is 1. The molecule has 2 nitrogen and oxygen atoms in total. The molecule has 0 aliphatic heterocycles. The molecular formula is C15H15F2NOS. The van der Waals surface area contributed by atoms with Crippen molar-refractivity contribution in [3.05, 3.63) is 51.2 Å². The summed E-state index contributed by atoms with van der Waals surface area (Å²) in [6, 6.07) is 5.27. The van der Waals surface area contributed by atoms with E-state index in [0.717, 1.165) is 35.4 Å². The number of nitrogens with one attached hydrogen (secondary N) is 1. The molecule has 0 saturated heterocycles. The van der Waals surface area contributed by atoms with E-state index in [1.807, 2.05) is 6.92 Å². The van der Waals surface area contributed by atoms with Crippen LogP contribution in [0, 0.1) is 18.6 Å². The number of para-hydroxylation sites is 1. The largest absolute Gasteiger partial charge is 0.316 e. The molecule has 0 bridgehead atoms. The van der Waals surface area contributed by atoms with E-state index in [2.05, 4.69) is 12.2 Å². The first kappa shape index (κ1) is 14.7. The summed E-state index contributed by atoms with van der Waals surface area (Å²) in [7, 11) is 0. The number of rotatable bonds is 4. The van der Waals surface area contributed by atoms with E-state index in [9.17, 15) is 13.6 Å². The van der Waals surface area contributed by atoms with E-state index >= 15 is 0 Å². The molecule has 1 heterocycles. The van der Waals surface area contributed by atoms with E-state index in [1.165, 1.54) is 17.4 Å². The minimum Gasteiger partial charge on any atom is -0.316 e. The molecule has 2 rings (SSSR count). The maximum Gasteiger partial charge on any atom is 0.265 e. The van der Waals surface area contributed by atoms with Gasteiger partial charge in [-0.1, -0.05) is 19.4 Å². The van der Waals surface area contributed by atoms with Crippen molar-refractivity contribution >= 4 is 22.9 Å². The Balaban J connectivity index is 2.22. The van der Waals surface area contributed by atoms with E-state index in [4.69, 9.17) is 0 Å². The normalized spacial score (nSPS) is 10.6. The third kappa shape index (κ3) is 3.04. The number of thiophene rings is 1. The van der Waals surface area contributed by atoms with Crippen LogP contribution in [-0.4, -0.2) is 5.91 Å². The van der Waals surface area contributed by atoms with Crippen LogP contribution in [0.5, 0.6) is 0 Å². The van der Waals surface area contributed by atoms with Crippen LogP contribution in [0.2, 0.25) is 0 Å². The zero-order valence-corrected chi connectivity index (χ0v) is 12.1. The molecular weight excluding hydrogens is 280 g/mol. The van der Waals surface area contributed by atoms with Gasteiger partial charge in [0.25, 0.3) is 5.91 Å². The molecule has 0 atom stereocenters. The number of hydrogen-bond acceptors (Lipinski definition) is 2. The van der Waals surface area contributed by atoms with Gasteiger partial charge >= 0.3 is 0 Å². The number of carbonyl (C=O) groups excluding carboxylic acids is 1. The molecule has 2 aromatic rings. The highest BCUT2D eigenvalue weighted by Gasteiger charge is 2.16. The van der Waals surface area contributed by atoms with Crippen molar-refractivity contribution in [1.29, 1.82) is 0 Å². The van der Waals surface area contributed by atoms with Crippen LogP contribution in [0.4, 0.5) is 14.5 Å². The zero-order chi connectivity index (χ0) is 14.7. The maximum atomic E-state index is 13.5. The lowest BCUT2D eigenvalue weighted by Crippen LogP contribution is -2.12. The predicted octanol–water partition coefficient (Wildman–Crippen LogP) is 4.54. The summed E-state index contributed by atoms with van der Waals surface area (Å²) in [4.78, 5) is 13.6. The molecule has 106 valence electrons. The van der Waals surface area contributed by atoms with Gasteiger partial charge in [-0.05, 0) is 37.1 Å². The number of halogens is 2. The van der Waals surface area contributed by atoms with Crippen molar-refractivity contribution in [3.63, 3.8) is 0 Å². The van der Waals surface area contributed by atoms with Gasteiger partial charge < -0.3 is 5.32 Å². The average molecular weight is 295 g/mol. The minimum atomic E-state index is -0.777. The molecule has 20 heavy (non-hydrogen) atoms. The van der Waals surface area contributed by atoms with Gasteiger partial charge in [-0.15, -0.1) is 11.3 Å². The van der Waals surface area contributed by atoms with Crippen molar-refractivity contribution in [1.82, 2.24) is 0 Å². The fourth-order valence-electron chi connectivity index (χ4n) is 1.94. The Hall–Kier alpha value is -1.75. The van der Waals surface area contributed by atoms with Crippen molar-refractivity contribution < 1.29 is 13.6 Å². The number of hydrogen-bond donors (Lipinski definition) is 1. The van der Waals surface area contributed by atoms with E-state index < -0.39 is 23.2 Å². The van der Waals surface area contributed by atoms with Gasteiger partial charge in [-0.25, -0.2) is 8.78 Å². The Morgan fingerprint density at radius 2 is 1.95 bits per heavy atom. The van der Waals surface area contributed by atoms with Gasteiger partial charge in [0.1, 0.15) is 17.3 Å². The Labute approximate surface area is 120 Å². The molecule has 1 N–H and O–H groups in total. The summed E-state index contributed by atoms with van der Waals surface area (Å²) in [5, 5.41) is 2.30. The Bertz CT molecular complexity index is 617. The standard InChI is InChI=1S/C15H15F2NOS/c1-3-5-10-8-13(20-9(10)2)15(19)18-14-11(16)6-4-7-12(14)17/h4,6-8H,3,5H2,1-2H3,(H,18,19). The maximum absolute atomic E-state index is 13.5. The van der Waals surface area contributed by atoms with Gasteiger partial charge in [0.15, 0.2) is 0 Å². The Kier molecular flexibility index (Phi) is 4.49. The first-order valence-electron chi connectivity index (χ1n) is 6.37. The fourth-order valence-corrected chi connectivity index (χ4v) is 2.91. The molecule has 0 unspecified atom stereocenters. The van der Waals surface area contributed by atoms with Gasteiger partial charge in [0, 0.05) is 4.88 Å². The lowest BCUT2D eigenvalue weighted by atomic mass is 10.1. The average Bonchev–Trinajstić information content (AvgIpc) is 2.76. The molecule has 0 saturated carbocycles. The summed E-state index contributed by atoms with van der Waals surface area (Å²) >= 11 is 1.34. The fraction of sp³-hybridized carbons (Fsp3) is 0.267. The predicted molar refractivity (Wildman–Crippen MR) is 77.4 cm³/mol. The molecule has 0 aliphatic carbocycles. The van der Waals surface area contributed by atoms with Gasteiger partial charge in [-0.3, -0.25) is 4.79 Å². The number of amides is 1. The Morgan fingerprint density at radius 1 is 1.30 bits per heavy atom. The number of carbonyl (C=O) groups is 1. The molecule has 1 aromatic carbocycles. The van der Waals surface area contributed by atoms with Crippen molar-refractivity contribution in [2.75, 3.05) is 5.32 Å². The Morgan fingerprint density at radius 3 is 2.55 bits per heavy atom. The van der Waals surface area contributed by atoms with Crippen LogP contribution >= 0.6 is 11.3 Å². The highest BCUT2D eigenvalue weighted by Crippen LogP contribution is 2.25. The summed E-state index contributed by atoms with van der Waals surface area (Å²) in [6.45, 7) is 4.00. The smallest absolute Gasteiger partial charge is 0.265 e. The second-order valence-electron chi connectivity index (χ2n) is 4.49. The SMILES string of the molecule is CCCc1cc(C(=O)Nc2c(F)cccc2F)sc1C. The minimum absolute atomic E-state index is 0.402. The highest BCUT2D eigenvalue weighted by molar-refractivity contribution is 7.14. The van der Waals surface area contributed by atoms with E-state index in [-0.39, 0.29) is 0 Å². The first-order valence-corrected chi connectivity index (χ1v) is 7.19. The first-order chi connectivity index (χ1) is 9.52. The second kappa shape index (κ2) is 6.13. The van der Waals surface area contributed by atoms with Gasteiger partial charge in [0.05, 0.1) is 4.88 Å². The van der Waals surface area contributed by atoms with E-state index in [1.54, 1.807) is 6.07 Å². The molecule has 5 heteroatoms. The van der Waals surface area contributed by atoms with Gasteiger partial charge in [-0.2, -0.15) is 0 Å². The second-order valence-corrected chi connectivity index (χ2v) is 5.75. The summed E-state index contributed by atoms with van der Waals surface area (Å²) in [5.41, 5.74) is 0.706.